The van der Waals surface area contributed by atoms with Crippen LogP contribution in [-0.2, 0) is 59.6 Å². The molecule has 4 heterocycles. The number of hydrogen-bond acceptors (Lipinski definition) is 7. The van der Waals surface area contributed by atoms with Gasteiger partial charge in [-0.1, -0.05) is 48.5 Å². The zero-order valence-corrected chi connectivity index (χ0v) is 19.4. The Kier molecular flexibility index (Phi) is 13.1. The minimum atomic E-state index is 0.548. The monoisotopic (exact) mass is 460 g/mol. The van der Waals surface area contributed by atoms with E-state index in [-0.39, 0.29) is 0 Å². The Bertz CT molecular complexity index is 670. The molecule has 4 bridgehead atoms. The highest BCUT2D eigenvalue weighted by Crippen LogP contribution is 2.08. The Hall–Kier alpha value is -1.84. The Morgan fingerprint density at radius 3 is 0.667 bits per heavy atom. The first-order valence-corrected chi connectivity index (χ1v) is 11.6. The van der Waals surface area contributed by atoms with Gasteiger partial charge in [0.2, 0.25) is 0 Å². The van der Waals surface area contributed by atoms with Crippen LogP contribution in [0.3, 0.4) is 0 Å². The number of hydrogen-bond donors (Lipinski definition) is 0. The molecule has 0 unspecified atom stereocenters. The van der Waals surface area contributed by atoms with Crippen molar-refractivity contribution in [2.24, 2.45) is 0 Å². The van der Waals surface area contributed by atoms with E-state index >= 15 is 0 Å². The Morgan fingerprint density at radius 2 is 0.455 bits per heavy atom. The van der Waals surface area contributed by atoms with Gasteiger partial charge in [0, 0.05) is 0 Å². The summed E-state index contributed by atoms with van der Waals surface area (Å²) in [7, 11) is 0. The van der Waals surface area contributed by atoms with Gasteiger partial charge in [0.1, 0.15) is 0 Å². The molecule has 0 radical (unpaired) electrons. The molecular weight excluding hydrogens is 424 g/mol. The van der Waals surface area contributed by atoms with Gasteiger partial charge in [-0.2, -0.15) is 0 Å². The molecule has 0 aliphatic carbocycles. The number of ether oxygens (including phenoxy) is 7. The van der Waals surface area contributed by atoms with Crippen LogP contribution in [0.25, 0.3) is 0 Å². The van der Waals surface area contributed by atoms with Crippen molar-refractivity contribution in [3.8, 4) is 0 Å². The molecule has 7 heteroatoms. The minimum absolute atomic E-state index is 0.548. The molecule has 0 saturated carbocycles. The fraction of sp³-hybridized carbons (Fsp3) is 0.538. The average Bonchev–Trinajstić information content (AvgIpc) is 2.85. The molecule has 2 aromatic carbocycles. The maximum absolute atomic E-state index is 5.68. The van der Waals surface area contributed by atoms with Gasteiger partial charge in [-0.05, 0) is 22.3 Å². The van der Waals surface area contributed by atoms with Gasteiger partial charge in [0.15, 0.2) is 0 Å². The molecule has 0 aromatic heterocycles. The maximum atomic E-state index is 5.68. The quantitative estimate of drug-likeness (QED) is 0.596. The molecule has 0 spiro atoms. The van der Waals surface area contributed by atoms with Crippen LogP contribution in [0.5, 0.6) is 0 Å². The van der Waals surface area contributed by atoms with Gasteiger partial charge in [-0.25, -0.2) is 0 Å². The largest absolute Gasteiger partial charge is 0.377 e. The Labute approximate surface area is 196 Å². The molecule has 2 aromatic rings. The second-order valence-electron chi connectivity index (χ2n) is 7.68. The van der Waals surface area contributed by atoms with Crippen molar-refractivity contribution in [3.05, 3.63) is 70.8 Å². The molecule has 182 valence electrons. The third-order valence-electron chi connectivity index (χ3n) is 4.98. The van der Waals surface area contributed by atoms with Crippen LogP contribution in [0.4, 0.5) is 0 Å². The standard InChI is InChI=1S/C26H36O7/c1-5-25-6-2-23(1)19-30-15-11-27-9-10-28-12-16-31-20-24-3-7-26(8-4-24)22-33-18-14-29-13-17-32-21-25/h1-8H,9-22H2. The summed E-state index contributed by atoms with van der Waals surface area (Å²) < 4.78 is 39.4. The molecule has 0 N–H and O–H groups in total. The van der Waals surface area contributed by atoms with Crippen molar-refractivity contribution in [2.45, 2.75) is 26.4 Å². The van der Waals surface area contributed by atoms with Gasteiger partial charge in [0.25, 0.3) is 0 Å². The van der Waals surface area contributed by atoms with Crippen molar-refractivity contribution in [1.29, 1.82) is 0 Å². The lowest BCUT2D eigenvalue weighted by Gasteiger charge is -2.08. The summed E-state index contributed by atoms with van der Waals surface area (Å²) in [6.07, 6.45) is 0. The highest BCUT2D eigenvalue weighted by Gasteiger charge is 2.00. The molecular formula is C26H36O7. The molecule has 0 amide bonds. The summed E-state index contributed by atoms with van der Waals surface area (Å²) >= 11 is 0. The van der Waals surface area contributed by atoms with Crippen LogP contribution < -0.4 is 0 Å². The maximum Gasteiger partial charge on any atom is 0.0718 e. The van der Waals surface area contributed by atoms with Crippen LogP contribution in [0.1, 0.15) is 22.3 Å². The van der Waals surface area contributed by atoms with Crippen molar-refractivity contribution < 1.29 is 33.2 Å². The van der Waals surface area contributed by atoms with Crippen LogP contribution in [0.2, 0.25) is 0 Å². The summed E-state index contributed by atoms with van der Waals surface area (Å²) in [5, 5.41) is 0. The summed E-state index contributed by atoms with van der Waals surface area (Å²) in [6, 6.07) is 16.5. The van der Waals surface area contributed by atoms with Gasteiger partial charge < -0.3 is 33.2 Å². The predicted octanol–water partition coefficient (Wildman–Crippen LogP) is 3.52. The second-order valence-corrected chi connectivity index (χ2v) is 7.68. The third kappa shape index (κ3) is 11.7. The van der Waals surface area contributed by atoms with E-state index in [1.165, 1.54) is 0 Å². The Balaban J connectivity index is 1.38. The average molecular weight is 461 g/mol. The van der Waals surface area contributed by atoms with Crippen molar-refractivity contribution in [3.63, 3.8) is 0 Å². The second kappa shape index (κ2) is 16.7. The minimum Gasteiger partial charge on any atom is -0.377 e. The van der Waals surface area contributed by atoms with Crippen molar-refractivity contribution >= 4 is 0 Å². The van der Waals surface area contributed by atoms with E-state index in [2.05, 4.69) is 48.5 Å². The van der Waals surface area contributed by atoms with E-state index in [9.17, 15) is 0 Å². The topological polar surface area (TPSA) is 64.6 Å². The fourth-order valence-corrected chi connectivity index (χ4v) is 3.12. The molecule has 0 atom stereocenters. The number of benzene rings is 2. The van der Waals surface area contributed by atoms with Crippen molar-refractivity contribution in [1.82, 2.24) is 0 Å². The van der Waals surface area contributed by atoms with Gasteiger partial charge in [-0.3, -0.25) is 0 Å². The lowest BCUT2D eigenvalue weighted by atomic mass is 10.1. The normalized spacial score (nSPS) is 19.4. The first-order chi connectivity index (χ1) is 16.4. The zero-order valence-electron chi connectivity index (χ0n) is 19.4. The van der Waals surface area contributed by atoms with E-state index in [1.807, 2.05) is 0 Å². The fourth-order valence-electron chi connectivity index (χ4n) is 3.12. The highest BCUT2D eigenvalue weighted by molar-refractivity contribution is 5.22. The van der Waals surface area contributed by atoms with Gasteiger partial charge in [-0.15, -0.1) is 0 Å². The molecule has 0 saturated heterocycles. The summed E-state index contributed by atoms with van der Waals surface area (Å²) in [6.45, 7) is 7.79. The van der Waals surface area contributed by atoms with E-state index in [0.717, 1.165) is 22.3 Å². The molecule has 4 aliphatic heterocycles. The SMILES string of the molecule is c1cc2ccc1COCCOCCOCCOCc1ccc(cc1)COCCOCCOC2. The van der Waals surface area contributed by atoms with E-state index in [1.54, 1.807) is 0 Å². The van der Waals surface area contributed by atoms with Crippen LogP contribution in [0.15, 0.2) is 48.5 Å². The zero-order chi connectivity index (χ0) is 22.8. The van der Waals surface area contributed by atoms with Crippen LogP contribution in [0, 0.1) is 0 Å². The van der Waals surface area contributed by atoms with E-state index < -0.39 is 0 Å². The number of rotatable bonds is 0. The van der Waals surface area contributed by atoms with Crippen LogP contribution >= 0.6 is 0 Å². The van der Waals surface area contributed by atoms with E-state index in [0.29, 0.717) is 92.5 Å². The lowest BCUT2D eigenvalue weighted by Crippen LogP contribution is -2.11. The van der Waals surface area contributed by atoms with Gasteiger partial charge in [0.05, 0.1) is 92.5 Å². The smallest absolute Gasteiger partial charge is 0.0718 e. The Morgan fingerprint density at radius 1 is 0.273 bits per heavy atom. The molecule has 33 heavy (non-hydrogen) atoms. The van der Waals surface area contributed by atoms with Crippen LogP contribution in [-0.4, -0.2) is 66.1 Å². The first-order valence-electron chi connectivity index (χ1n) is 11.6. The summed E-state index contributed by atoms with van der Waals surface area (Å²) in [5.41, 5.74) is 4.52. The molecule has 4 aliphatic rings. The van der Waals surface area contributed by atoms with Crippen molar-refractivity contribution in [2.75, 3.05) is 66.1 Å². The summed E-state index contributed by atoms with van der Waals surface area (Å²) in [5.74, 6) is 0. The molecule has 0 fully saturated rings. The summed E-state index contributed by atoms with van der Waals surface area (Å²) in [4.78, 5) is 0. The van der Waals surface area contributed by atoms with Gasteiger partial charge >= 0.3 is 0 Å². The highest BCUT2D eigenvalue weighted by atomic mass is 16.6. The third-order valence-corrected chi connectivity index (χ3v) is 4.98. The van der Waals surface area contributed by atoms with E-state index in [4.69, 9.17) is 33.2 Å². The molecule has 7 nitrogen and oxygen atoms in total. The lowest BCUT2D eigenvalue weighted by molar-refractivity contribution is -0.00619. The molecule has 6 rings (SSSR count). The predicted molar refractivity (Wildman–Crippen MR) is 124 cm³/mol. The first kappa shape index (κ1) is 25.8.